The molecular formula is C16H12N2O3. The minimum Gasteiger partial charge on any atom is -0.451 e. The van der Waals surface area contributed by atoms with Crippen molar-refractivity contribution in [1.82, 2.24) is 4.98 Å². The fraction of sp³-hybridized carbons (Fsp3) is 0.0625. The summed E-state index contributed by atoms with van der Waals surface area (Å²) < 4.78 is 5.48. The number of nitrogens with one attached hydrogen (secondary N) is 1. The van der Waals surface area contributed by atoms with E-state index in [1.54, 1.807) is 42.6 Å². The van der Waals surface area contributed by atoms with Crippen molar-refractivity contribution in [2.75, 3.05) is 5.32 Å². The van der Waals surface area contributed by atoms with Crippen LogP contribution in [0.15, 0.2) is 57.9 Å². The number of hydrogen-bond donors (Lipinski definition) is 1. The third kappa shape index (κ3) is 2.67. The van der Waals surface area contributed by atoms with Crippen LogP contribution < -0.4 is 10.7 Å². The van der Waals surface area contributed by atoms with Crippen LogP contribution in [0.1, 0.15) is 16.2 Å². The molecule has 1 amide bonds. The Balaban J connectivity index is 1.96. The van der Waals surface area contributed by atoms with Crippen LogP contribution in [0.4, 0.5) is 5.69 Å². The van der Waals surface area contributed by atoms with E-state index in [2.05, 4.69) is 10.3 Å². The summed E-state index contributed by atoms with van der Waals surface area (Å²) in [5.74, 6) is -0.489. The monoisotopic (exact) mass is 280 g/mol. The average molecular weight is 280 g/mol. The Hall–Kier alpha value is -2.95. The molecule has 5 nitrogen and oxygen atoms in total. The van der Waals surface area contributed by atoms with Crippen molar-refractivity contribution in [3.8, 4) is 0 Å². The van der Waals surface area contributed by atoms with E-state index in [1.807, 2.05) is 6.92 Å². The van der Waals surface area contributed by atoms with Crippen molar-refractivity contribution in [1.29, 1.82) is 0 Å². The van der Waals surface area contributed by atoms with Crippen LogP contribution in [0.3, 0.4) is 0 Å². The lowest BCUT2D eigenvalue weighted by molar-refractivity contribution is 0.0997. The van der Waals surface area contributed by atoms with Gasteiger partial charge in [0.2, 0.25) is 0 Å². The standard InChI is InChI=1S/C16H12N2O3/c1-10-8-11(6-7-17-10)18-16(20)15-9-13(19)12-4-2-3-5-14(12)21-15/h2-9H,1H3,(H,17,18,20). The molecule has 0 saturated carbocycles. The van der Waals surface area contributed by atoms with Gasteiger partial charge in [-0.2, -0.15) is 0 Å². The maximum Gasteiger partial charge on any atom is 0.291 e. The van der Waals surface area contributed by atoms with Crippen LogP contribution in [0.5, 0.6) is 0 Å². The quantitative estimate of drug-likeness (QED) is 0.783. The Morgan fingerprint density at radius 3 is 2.81 bits per heavy atom. The summed E-state index contributed by atoms with van der Waals surface area (Å²) in [6, 6.07) is 11.4. The zero-order chi connectivity index (χ0) is 14.8. The predicted molar refractivity (Wildman–Crippen MR) is 79.4 cm³/mol. The summed E-state index contributed by atoms with van der Waals surface area (Å²) in [5.41, 5.74) is 1.53. The van der Waals surface area contributed by atoms with Gasteiger partial charge in [-0.15, -0.1) is 0 Å². The van der Waals surface area contributed by atoms with Gasteiger partial charge in [-0.3, -0.25) is 14.6 Å². The van der Waals surface area contributed by atoms with E-state index < -0.39 is 5.91 Å². The largest absolute Gasteiger partial charge is 0.451 e. The molecule has 0 saturated heterocycles. The van der Waals surface area contributed by atoms with Gasteiger partial charge in [0, 0.05) is 23.6 Å². The first-order valence-electron chi connectivity index (χ1n) is 6.40. The van der Waals surface area contributed by atoms with Crippen molar-refractivity contribution in [2.45, 2.75) is 6.92 Å². The Bertz CT molecular complexity index is 884. The molecule has 0 aliphatic heterocycles. The number of hydrogen-bond acceptors (Lipinski definition) is 4. The van der Waals surface area contributed by atoms with E-state index in [0.717, 1.165) is 5.69 Å². The first-order chi connectivity index (χ1) is 10.1. The molecule has 0 aliphatic carbocycles. The minimum atomic E-state index is -0.469. The summed E-state index contributed by atoms with van der Waals surface area (Å²) in [5, 5.41) is 3.13. The highest BCUT2D eigenvalue weighted by Gasteiger charge is 2.12. The first-order valence-corrected chi connectivity index (χ1v) is 6.40. The molecule has 1 N–H and O–H groups in total. The summed E-state index contributed by atoms with van der Waals surface area (Å²) in [4.78, 5) is 28.2. The molecule has 2 aromatic heterocycles. The van der Waals surface area contributed by atoms with Crippen molar-refractivity contribution < 1.29 is 9.21 Å². The SMILES string of the molecule is Cc1cc(NC(=O)c2cc(=O)c3ccccc3o2)ccn1. The van der Waals surface area contributed by atoms with Crippen molar-refractivity contribution in [2.24, 2.45) is 0 Å². The zero-order valence-electron chi connectivity index (χ0n) is 11.3. The lowest BCUT2D eigenvalue weighted by Gasteiger charge is -2.05. The van der Waals surface area contributed by atoms with Gasteiger partial charge in [0.05, 0.1) is 5.39 Å². The molecule has 0 unspecified atom stereocenters. The maximum absolute atomic E-state index is 12.2. The van der Waals surface area contributed by atoms with Gasteiger partial charge in [-0.1, -0.05) is 12.1 Å². The van der Waals surface area contributed by atoms with Gasteiger partial charge in [-0.05, 0) is 31.2 Å². The molecule has 0 bridgehead atoms. The van der Waals surface area contributed by atoms with Gasteiger partial charge < -0.3 is 9.73 Å². The fourth-order valence-electron chi connectivity index (χ4n) is 2.03. The first kappa shape index (κ1) is 13.1. The van der Waals surface area contributed by atoms with Crippen molar-refractivity contribution in [3.63, 3.8) is 0 Å². The number of carbonyl (C=O) groups is 1. The highest BCUT2D eigenvalue weighted by Crippen LogP contribution is 2.14. The number of carbonyl (C=O) groups excluding carboxylic acids is 1. The molecular weight excluding hydrogens is 268 g/mol. The fourth-order valence-corrected chi connectivity index (χ4v) is 2.03. The lowest BCUT2D eigenvalue weighted by Crippen LogP contribution is -2.15. The second-order valence-corrected chi connectivity index (χ2v) is 4.61. The van der Waals surface area contributed by atoms with Gasteiger partial charge in [0.25, 0.3) is 5.91 Å². The van der Waals surface area contributed by atoms with E-state index >= 15 is 0 Å². The van der Waals surface area contributed by atoms with Crippen LogP contribution in [0, 0.1) is 6.92 Å². The molecule has 3 aromatic rings. The third-order valence-electron chi connectivity index (χ3n) is 3.01. The number of fused-ring (bicyclic) bond motifs is 1. The van der Waals surface area contributed by atoms with Gasteiger partial charge in [-0.25, -0.2) is 0 Å². The Morgan fingerprint density at radius 2 is 2.00 bits per heavy atom. The Labute approximate surface area is 120 Å². The summed E-state index contributed by atoms with van der Waals surface area (Å²) >= 11 is 0. The molecule has 0 atom stereocenters. The highest BCUT2D eigenvalue weighted by atomic mass is 16.3. The number of rotatable bonds is 2. The van der Waals surface area contributed by atoms with Gasteiger partial charge in [0.15, 0.2) is 11.2 Å². The highest BCUT2D eigenvalue weighted by molar-refractivity contribution is 6.02. The predicted octanol–water partition coefficient (Wildman–Crippen LogP) is 2.75. The van der Waals surface area contributed by atoms with Crippen molar-refractivity contribution in [3.05, 3.63) is 70.3 Å². The number of benzene rings is 1. The van der Waals surface area contributed by atoms with Gasteiger partial charge in [0.1, 0.15) is 5.58 Å². The lowest BCUT2D eigenvalue weighted by atomic mass is 10.2. The summed E-state index contributed by atoms with van der Waals surface area (Å²) in [6.45, 7) is 1.83. The smallest absolute Gasteiger partial charge is 0.291 e. The zero-order valence-corrected chi connectivity index (χ0v) is 11.3. The normalized spacial score (nSPS) is 10.5. The van der Waals surface area contributed by atoms with Crippen LogP contribution in [0.2, 0.25) is 0 Å². The Kier molecular flexibility index (Phi) is 3.23. The number of aromatic nitrogens is 1. The van der Waals surface area contributed by atoms with Crippen molar-refractivity contribution >= 4 is 22.6 Å². The maximum atomic E-state index is 12.2. The van der Waals surface area contributed by atoms with Crippen LogP contribution in [0.25, 0.3) is 11.0 Å². The molecule has 0 radical (unpaired) electrons. The van der Waals surface area contributed by atoms with Crippen LogP contribution in [-0.4, -0.2) is 10.9 Å². The topological polar surface area (TPSA) is 72.2 Å². The number of anilines is 1. The molecule has 5 heteroatoms. The number of amides is 1. The number of para-hydroxylation sites is 1. The second-order valence-electron chi connectivity index (χ2n) is 4.61. The molecule has 0 aliphatic rings. The van der Waals surface area contributed by atoms with Crippen LogP contribution >= 0.6 is 0 Å². The minimum absolute atomic E-state index is 0.0202. The number of nitrogens with zero attached hydrogens (tertiary/aromatic N) is 1. The van der Waals surface area contributed by atoms with E-state index in [4.69, 9.17) is 4.42 Å². The second kappa shape index (κ2) is 5.20. The van der Waals surface area contributed by atoms with E-state index in [-0.39, 0.29) is 11.2 Å². The Morgan fingerprint density at radius 1 is 1.19 bits per heavy atom. The molecule has 0 spiro atoms. The summed E-state index contributed by atoms with van der Waals surface area (Å²) in [7, 11) is 0. The molecule has 1 aromatic carbocycles. The molecule has 0 fully saturated rings. The molecule has 2 heterocycles. The van der Waals surface area contributed by atoms with Crippen LogP contribution in [-0.2, 0) is 0 Å². The number of aryl methyl sites for hydroxylation is 1. The molecule has 21 heavy (non-hydrogen) atoms. The van der Waals surface area contributed by atoms with E-state index in [0.29, 0.717) is 16.7 Å². The molecule has 104 valence electrons. The average Bonchev–Trinajstić information content (AvgIpc) is 2.47. The van der Waals surface area contributed by atoms with Gasteiger partial charge >= 0.3 is 0 Å². The summed E-state index contributed by atoms with van der Waals surface area (Å²) in [6.07, 6.45) is 1.60. The van der Waals surface area contributed by atoms with E-state index in [1.165, 1.54) is 6.07 Å². The number of pyridine rings is 1. The third-order valence-corrected chi connectivity index (χ3v) is 3.01. The van der Waals surface area contributed by atoms with E-state index in [9.17, 15) is 9.59 Å². The molecule has 3 rings (SSSR count).